The lowest BCUT2D eigenvalue weighted by Crippen LogP contribution is -2.02. The van der Waals surface area contributed by atoms with Crippen molar-refractivity contribution in [3.63, 3.8) is 0 Å². The molecule has 0 bridgehead atoms. The van der Waals surface area contributed by atoms with Gasteiger partial charge in [-0.05, 0) is 42.8 Å². The van der Waals surface area contributed by atoms with Crippen LogP contribution >= 0.6 is 11.6 Å². The lowest BCUT2D eigenvalue weighted by Gasteiger charge is -2.00. The maximum Gasteiger partial charge on any atom is 0.345 e. The number of nitrogens with zero attached hydrogens (tertiary/aromatic N) is 2. The van der Waals surface area contributed by atoms with E-state index >= 15 is 0 Å². The monoisotopic (exact) mass is 310 g/mol. The summed E-state index contributed by atoms with van der Waals surface area (Å²) in [5.74, 6) is 0. The molecule has 0 unspecified atom stereocenters. The Bertz CT molecular complexity index is 1080. The Morgan fingerprint density at radius 3 is 2.91 bits per heavy atom. The number of fused-ring (bicyclic) bond motifs is 2. The Labute approximate surface area is 130 Å². The Morgan fingerprint density at radius 2 is 2.09 bits per heavy atom. The largest absolute Gasteiger partial charge is 0.422 e. The number of hydrogen-bond acceptors (Lipinski definition) is 3. The third kappa shape index (κ3) is 2.00. The predicted molar refractivity (Wildman–Crippen MR) is 86.4 cm³/mol. The molecular formula is C17H11ClN2O2. The summed E-state index contributed by atoms with van der Waals surface area (Å²) in [5.41, 5.74) is 2.99. The van der Waals surface area contributed by atoms with Gasteiger partial charge in [0.15, 0.2) is 0 Å². The number of pyridine rings is 1. The zero-order valence-corrected chi connectivity index (χ0v) is 12.5. The van der Waals surface area contributed by atoms with E-state index < -0.39 is 5.63 Å². The van der Waals surface area contributed by atoms with Crippen LogP contribution in [-0.4, -0.2) is 9.38 Å². The summed E-state index contributed by atoms with van der Waals surface area (Å²) in [4.78, 5) is 16.8. The first kappa shape index (κ1) is 13.1. The molecule has 108 valence electrons. The highest BCUT2D eigenvalue weighted by Gasteiger charge is 2.12. The van der Waals surface area contributed by atoms with Crippen molar-refractivity contribution in [3.8, 4) is 11.3 Å². The molecule has 22 heavy (non-hydrogen) atoms. The lowest BCUT2D eigenvalue weighted by molar-refractivity contribution is 0.563. The average Bonchev–Trinajstić information content (AvgIpc) is 2.92. The van der Waals surface area contributed by atoms with Gasteiger partial charge in [0.25, 0.3) is 0 Å². The van der Waals surface area contributed by atoms with Crippen LogP contribution in [0.5, 0.6) is 0 Å². The number of benzene rings is 1. The van der Waals surface area contributed by atoms with Crippen LogP contribution in [0, 0.1) is 6.92 Å². The predicted octanol–water partition coefficient (Wildman–Crippen LogP) is 4.07. The van der Waals surface area contributed by atoms with Crippen molar-refractivity contribution in [1.82, 2.24) is 9.38 Å². The highest BCUT2D eigenvalue weighted by atomic mass is 35.5. The smallest absolute Gasteiger partial charge is 0.345 e. The quantitative estimate of drug-likeness (QED) is 0.498. The molecule has 0 N–H and O–H groups in total. The molecule has 0 saturated carbocycles. The summed E-state index contributed by atoms with van der Waals surface area (Å²) >= 11 is 6.00. The van der Waals surface area contributed by atoms with Gasteiger partial charge in [-0.1, -0.05) is 17.7 Å². The summed E-state index contributed by atoms with van der Waals surface area (Å²) in [6.07, 6.45) is 3.73. The summed E-state index contributed by atoms with van der Waals surface area (Å²) in [6.45, 7) is 1.98. The van der Waals surface area contributed by atoms with E-state index in [1.54, 1.807) is 24.3 Å². The third-order valence-electron chi connectivity index (χ3n) is 3.65. The van der Waals surface area contributed by atoms with Gasteiger partial charge < -0.3 is 8.82 Å². The maximum atomic E-state index is 12.2. The second-order valence-corrected chi connectivity index (χ2v) is 5.61. The first-order valence-corrected chi connectivity index (χ1v) is 7.18. The standard InChI is InChI=1S/C17H11ClN2O2/c1-10-3-2-6-20-9-14(19-16(10)20)13-8-11-7-12(18)4-5-15(11)22-17(13)21/h2-9H,1H3. The number of aryl methyl sites for hydroxylation is 1. The molecule has 4 rings (SSSR count). The zero-order chi connectivity index (χ0) is 15.3. The van der Waals surface area contributed by atoms with E-state index in [4.69, 9.17) is 16.0 Å². The molecule has 4 nitrogen and oxygen atoms in total. The fourth-order valence-corrected chi connectivity index (χ4v) is 2.74. The van der Waals surface area contributed by atoms with Crippen LogP contribution in [0.25, 0.3) is 27.9 Å². The number of rotatable bonds is 1. The van der Waals surface area contributed by atoms with Gasteiger partial charge in [-0.2, -0.15) is 0 Å². The second-order valence-electron chi connectivity index (χ2n) is 5.18. The van der Waals surface area contributed by atoms with Gasteiger partial charge in [0.1, 0.15) is 11.2 Å². The molecular weight excluding hydrogens is 300 g/mol. The second kappa shape index (κ2) is 4.71. The molecule has 4 aromatic rings. The molecule has 3 heterocycles. The number of hydrogen-bond donors (Lipinski definition) is 0. The van der Waals surface area contributed by atoms with Gasteiger partial charge >= 0.3 is 5.63 Å². The van der Waals surface area contributed by atoms with E-state index in [0.717, 1.165) is 16.6 Å². The number of aromatic nitrogens is 2. The first-order chi connectivity index (χ1) is 10.6. The Morgan fingerprint density at radius 1 is 1.23 bits per heavy atom. The molecule has 1 aromatic carbocycles. The minimum Gasteiger partial charge on any atom is -0.422 e. The molecule has 0 aliphatic rings. The van der Waals surface area contributed by atoms with E-state index in [1.807, 2.05) is 35.9 Å². The van der Waals surface area contributed by atoms with Crippen molar-refractivity contribution in [3.05, 3.63) is 69.8 Å². The minimum absolute atomic E-state index is 0.407. The fraction of sp³-hybridized carbons (Fsp3) is 0.0588. The number of imidazole rings is 1. The average molecular weight is 311 g/mol. The molecule has 5 heteroatoms. The number of halogens is 1. The molecule has 0 amide bonds. The van der Waals surface area contributed by atoms with E-state index in [0.29, 0.717) is 21.9 Å². The summed E-state index contributed by atoms with van der Waals surface area (Å²) < 4.78 is 7.26. The van der Waals surface area contributed by atoms with Crippen molar-refractivity contribution in [1.29, 1.82) is 0 Å². The molecule has 0 atom stereocenters. The molecule has 0 fully saturated rings. The van der Waals surface area contributed by atoms with E-state index in [-0.39, 0.29) is 0 Å². The molecule has 0 saturated heterocycles. The third-order valence-corrected chi connectivity index (χ3v) is 3.88. The summed E-state index contributed by atoms with van der Waals surface area (Å²) in [6, 6.07) is 10.8. The van der Waals surface area contributed by atoms with Crippen LogP contribution in [0.4, 0.5) is 0 Å². The summed E-state index contributed by atoms with van der Waals surface area (Å²) in [5, 5.41) is 1.37. The lowest BCUT2D eigenvalue weighted by atomic mass is 10.1. The maximum absolute atomic E-state index is 12.2. The van der Waals surface area contributed by atoms with Crippen LogP contribution < -0.4 is 5.63 Å². The Hall–Kier alpha value is -2.59. The van der Waals surface area contributed by atoms with Crippen molar-refractivity contribution in [2.75, 3.05) is 0 Å². The molecule has 3 aromatic heterocycles. The zero-order valence-electron chi connectivity index (χ0n) is 11.7. The Kier molecular flexibility index (Phi) is 2.81. The molecule has 0 aliphatic heterocycles. The van der Waals surface area contributed by atoms with E-state index in [9.17, 15) is 4.79 Å². The molecule has 0 aliphatic carbocycles. The fourth-order valence-electron chi connectivity index (χ4n) is 2.56. The van der Waals surface area contributed by atoms with Crippen molar-refractivity contribution in [2.24, 2.45) is 0 Å². The van der Waals surface area contributed by atoms with Gasteiger partial charge in [-0.15, -0.1) is 0 Å². The minimum atomic E-state index is -0.407. The van der Waals surface area contributed by atoms with Crippen LogP contribution in [0.15, 0.2) is 58.0 Å². The van der Waals surface area contributed by atoms with Crippen LogP contribution in [-0.2, 0) is 0 Å². The van der Waals surface area contributed by atoms with Gasteiger partial charge in [0, 0.05) is 22.8 Å². The topological polar surface area (TPSA) is 47.5 Å². The van der Waals surface area contributed by atoms with Crippen LogP contribution in [0.2, 0.25) is 5.02 Å². The van der Waals surface area contributed by atoms with E-state index in [2.05, 4.69) is 4.98 Å². The van der Waals surface area contributed by atoms with Gasteiger partial charge in [-0.25, -0.2) is 9.78 Å². The highest BCUT2D eigenvalue weighted by Crippen LogP contribution is 2.24. The SMILES string of the molecule is Cc1cccn2cc(-c3cc4cc(Cl)ccc4oc3=O)nc12. The van der Waals surface area contributed by atoms with Crippen molar-refractivity contribution < 1.29 is 4.42 Å². The van der Waals surface area contributed by atoms with Crippen LogP contribution in [0.1, 0.15) is 5.56 Å². The summed E-state index contributed by atoms with van der Waals surface area (Å²) in [7, 11) is 0. The normalized spacial score (nSPS) is 11.4. The van der Waals surface area contributed by atoms with Crippen molar-refractivity contribution in [2.45, 2.75) is 6.92 Å². The van der Waals surface area contributed by atoms with Gasteiger partial charge in [-0.3, -0.25) is 0 Å². The van der Waals surface area contributed by atoms with Crippen molar-refractivity contribution >= 4 is 28.2 Å². The highest BCUT2D eigenvalue weighted by molar-refractivity contribution is 6.31. The molecule has 0 spiro atoms. The van der Waals surface area contributed by atoms with Gasteiger partial charge in [0.05, 0.1) is 11.3 Å². The first-order valence-electron chi connectivity index (χ1n) is 6.80. The van der Waals surface area contributed by atoms with E-state index in [1.165, 1.54) is 0 Å². The van der Waals surface area contributed by atoms with Gasteiger partial charge in [0.2, 0.25) is 0 Å². The molecule has 0 radical (unpaired) electrons. The Balaban J connectivity index is 2.00. The van der Waals surface area contributed by atoms with Crippen LogP contribution in [0.3, 0.4) is 0 Å².